The van der Waals surface area contributed by atoms with Crippen molar-refractivity contribution in [3.8, 4) is 11.5 Å². The van der Waals surface area contributed by atoms with E-state index in [1.165, 1.54) is 6.39 Å². The van der Waals surface area contributed by atoms with E-state index in [1.54, 1.807) is 14.0 Å². The lowest BCUT2D eigenvalue weighted by Crippen LogP contribution is -2.41. The Morgan fingerprint density at radius 1 is 1.33 bits per heavy atom. The molecule has 0 N–H and O–H groups in total. The summed E-state index contributed by atoms with van der Waals surface area (Å²) in [6, 6.07) is 7.53. The van der Waals surface area contributed by atoms with Crippen molar-refractivity contribution in [1.82, 2.24) is 9.88 Å². The number of piperidine rings is 1. The topological polar surface area (TPSA) is 64.8 Å². The Balaban J connectivity index is 1.55. The number of rotatable bonds is 5. The minimum atomic E-state index is -0.0598. The average molecular weight is 330 g/mol. The smallest absolute Gasteiger partial charge is 0.276 e. The van der Waals surface area contributed by atoms with Crippen LogP contribution in [0.4, 0.5) is 0 Å². The van der Waals surface area contributed by atoms with Crippen LogP contribution >= 0.6 is 0 Å². The standard InChI is InChI=1S/C18H22N2O4/c1-13-17(19-12-24-13)18(21)20-9-3-4-14(10-20)11-23-16-7-5-15(22-2)6-8-16/h5-8,12,14H,3-4,9-11H2,1-2H3. The van der Waals surface area contributed by atoms with Crippen LogP contribution in [0, 0.1) is 12.8 Å². The molecule has 2 aromatic rings. The molecule has 1 unspecified atom stereocenters. The predicted octanol–water partition coefficient (Wildman–Crippen LogP) is 2.92. The number of benzene rings is 1. The van der Waals surface area contributed by atoms with Crippen molar-refractivity contribution in [2.24, 2.45) is 5.92 Å². The van der Waals surface area contributed by atoms with Gasteiger partial charge in [-0.05, 0) is 44.0 Å². The lowest BCUT2D eigenvalue weighted by Gasteiger charge is -2.32. The average Bonchev–Trinajstić information content (AvgIpc) is 3.06. The van der Waals surface area contributed by atoms with Gasteiger partial charge in [0.1, 0.15) is 17.3 Å². The fourth-order valence-electron chi connectivity index (χ4n) is 2.93. The molecule has 1 amide bonds. The summed E-state index contributed by atoms with van der Waals surface area (Å²) in [5.74, 6) is 2.44. The molecule has 0 aliphatic carbocycles. The number of carbonyl (C=O) groups is 1. The second-order valence-electron chi connectivity index (χ2n) is 6.00. The zero-order valence-electron chi connectivity index (χ0n) is 14.0. The summed E-state index contributed by atoms with van der Waals surface area (Å²) in [6.45, 7) is 3.79. The van der Waals surface area contributed by atoms with Crippen LogP contribution in [0.2, 0.25) is 0 Å². The van der Waals surface area contributed by atoms with Crippen molar-refractivity contribution >= 4 is 5.91 Å². The molecule has 1 aromatic heterocycles. The zero-order valence-corrected chi connectivity index (χ0v) is 14.0. The lowest BCUT2D eigenvalue weighted by molar-refractivity contribution is 0.0626. The largest absolute Gasteiger partial charge is 0.497 e. The Kier molecular flexibility index (Phi) is 5.03. The SMILES string of the molecule is COc1ccc(OCC2CCCN(C(=O)c3ncoc3C)C2)cc1. The highest BCUT2D eigenvalue weighted by atomic mass is 16.5. The fraction of sp³-hybridized carbons (Fsp3) is 0.444. The molecule has 6 heteroatoms. The molecule has 1 aliphatic heterocycles. The van der Waals surface area contributed by atoms with E-state index in [1.807, 2.05) is 29.2 Å². The van der Waals surface area contributed by atoms with Crippen LogP contribution in [0.5, 0.6) is 11.5 Å². The zero-order chi connectivity index (χ0) is 16.9. The van der Waals surface area contributed by atoms with E-state index in [0.29, 0.717) is 30.5 Å². The summed E-state index contributed by atoms with van der Waals surface area (Å²) in [6.07, 6.45) is 3.34. The van der Waals surface area contributed by atoms with Crippen molar-refractivity contribution in [2.75, 3.05) is 26.8 Å². The molecule has 0 radical (unpaired) electrons. The summed E-state index contributed by atoms with van der Waals surface area (Å²) in [4.78, 5) is 18.4. The summed E-state index contributed by atoms with van der Waals surface area (Å²) in [5, 5.41) is 0. The Labute approximate surface area is 141 Å². The van der Waals surface area contributed by atoms with Gasteiger partial charge >= 0.3 is 0 Å². The Morgan fingerprint density at radius 3 is 2.75 bits per heavy atom. The number of carbonyl (C=O) groups excluding carboxylic acids is 1. The third kappa shape index (κ3) is 3.69. The van der Waals surface area contributed by atoms with Gasteiger partial charge in [-0.15, -0.1) is 0 Å². The Hall–Kier alpha value is -2.50. The molecule has 128 valence electrons. The number of oxazole rings is 1. The van der Waals surface area contributed by atoms with E-state index in [4.69, 9.17) is 13.9 Å². The van der Waals surface area contributed by atoms with Crippen LogP contribution < -0.4 is 9.47 Å². The first-order valence-electron chi connectivity index (χ1n) is 8.13. The molecule has 6 nitrogen and oxygen atoms in total. The van der Waals surface area contributed by atoms with Crippen molar-refractivity contribution in [2.45, 2.75) is 19.8 Å². The minimum absolute atomic E-state index is 0.0598. The van der Waals surface area contributed by atoms with Crippen LogP contribution in [0.3, 0.4) is 0 Å². The maximum atomic E-state index is 12.5. The number of aryl methyl sites for hydroxylation is 1. The first-order chi connectivity index (χ1) is 11.7. The van der Waals surface area contributed by atoms with Crippen molar-refractivity contribution in [1.29, 1.82) is 0 Å². The second kappa shape index (κ2) is 7.38. The number of ether oxygens (including phenoxy) is 2. The molecule has 24 heavy (non-hydrogen) atoms. The first kappa shape index (κ1) is 16.4. The van der Waals surface area contributed by atoms with E-state index in [0.717, 1.165) is 30.9 Å². The number of hydrogen-bond acceptors (Lipinski definition) is 5. The van der Waals surface area contributed by atoms with E-state index in [-0.39, 0.29) is 5.91 Å². The van der Waals surface area contributed by atoms with Crippen LogP contribution in [0.15, 0.2) is 35.1 Å². The number of hydrogen-bond donors (Lipinski definition) is 0. The molecule has 1 aliphatic rings. The Bertz CT molecular complexity index is 681. The van der Waals surface area contributed by atoms with Gasteiger partial charge in [0, 0.05) is 19.0 Å². The van der Waals surface area contributed by atoms with Gasteiger partial charge in [-0.1, -0.05) is 0 Å². The summed E-state index contributed by atoms with van der Waals surface area (Å²) < 4.78 is 16.1. The fourth-order valence-corrected chi connectivity index (χ4v) is 2.93. The molecule has 3 rings (SSSR count). The normalized spacial score (nSPS) is 17.6. The third-order valence-corrected chi connectivity index (χ3v) is 4.30. The van der Waals surface area contributed by atoms with Gasteiger partial charge in [-0.25, -0.2) is 4.98 Å². The minimum Gasteiger partial charge on any atom is -0.497 e. The summed E-state index contributed by atoms with van der Waals surface area (Å²) in [5.41, 5.74) is 0.409. The quantitative estimate of drug-likeness (QED) is 0.843. The number of methoxy groups -OCH3 is 1. The van der Waals surface area contributed by atoms with Gasteiger partial charge in [0.05, 0.1) is 13.7 Å². The maximum Gasteiger partial charge on any atom is 0.276 e. The van der Waals surface area contributed by atoms with Crippen LogP contribution in [0.25, 0.3) is 0 Å². The highest BCUT2D eigenvalue weighted by molar-refractivity contribution is 5.93. The van der Waals surface area contributed by atoms with Gasteiger partial charge in [-0.3, -0.25) is 4.79 Å². The van der Waals surface area contributed by atoms with Crippen LogP contribution in [0.1, 0.15) is 29.1 Å². The summed E-state index contributed by atoms with van der Waals surface area (Å²) >= 11 is 0. The highest BCUT2D eigenvalue weighted by Crippen LogP contribution is 2.22. The Morgan fingerprint density at radius 2 is 2.08 bits per heavy atom. The molecular formula is C18H22N2O4. The van der Waals surface area contributed by atoms with Crippen molar-refractivity contribution in [3.05, 3.63) is 42.1 Å². The molecular weight excluding hydrogens is 308 g/mol. The van der Waals surface area contributed by atoms with Gasteiger partial charge in [-0.2, -0.15) is 0 Å². The second-order valence-corrected chi connectivity index (χ2v) is 6.00. The lowest BCUT2D eigenvalue weighted by atomic mass is 9.98. The van der Waals surface area contributed by atoms with E-state index in [9.17, 15) is 4.79 Å². The van der Waals surface area contributed by atoms with Crippen LogP contribution in [-0.4, -0.2) is 42.6 Å². The maximum absolute atomic E-state index is 12.5. The van der Waals surface area contributed by atoms with Gasteiger partial charge in [0.15, 0.2) is 12.1 Å². The molecule has 0 saturated carbocycles. The first-order valence-corrected chi connectivity index (χ1v) is 8.13. The third-order valence-electron chi connectivity index (χ3n) is 4.30. The van der Waals surface area contributed by atoms with Gasteiger partial charge < -0.3 is 18.8 Å². The molecule has 0 spiro atoms. The van der Waals surface area contributed by atoms with E-state index in [2.05, 4.69) is 4.98 Å². The molecule has 1 saturated heterocycles. The molecule has 1 aromatic carbocycles. The van der Waals surface area contributed by atoms with E-state index < -0.39 is 0 Å². The molecule has 1 atom stereocenters. The number of aromatic nitrogens is 1. The monoisotopic (exact) mass is 330 g/mol. The van der Waals surface area contributed by atoms with Crippen LogP contribution in [-0.2, 0) is 0 Å². The van der Waals surface area contributed by atoms with Crippen molar-refractivity contribution < 1.29 is 18.7 Å². The van der Waals surface area contributed by atoms with Gasteiger partial charge in [0.25, 0.3) is 5.91 Å². The van der Waals surface area contributed by atoms with Gasteiger partial charge in [0.2, 0.25) is 0 Å². The summed E-state index contributed by atoms with van der Waals surface area (Å²) in [7, 11) is 1.64. The highest BCUT2D eigenvalue weighted by Gasteiger charge is 2.27. The van der Waals surface area contributed by atoms with E-state index >= 15 is 0 Å². The number of amides is 1. The predicted molar refractivity (Wildman–Crippen MR) is 88.4 cm³/mol. The number of nitrogens with zero attached hydrogens (tertiary/aromatic N) is 2. The number of likely N-dealkylation sites (tertiary alicyclic amines) is 1. The van der Waals surface area contributed by atoms with Crippen molar-refractivity contribution in [3.63, 3.8) is 0 Å². The molecule has 1 fully saturated rings. The molecule has 2 heterocycles. The molecule has 0 bridgehead atoms.